The van der Waals surface area contributed by atoms with Crippen LogP contribution in [0.4, 0.5) is 5.82 Å². The van der Waals surface area contributed by atoms with Crippen molar-refractivity contribution in [1.29, 1.82) is 0 Å². The molecule has 0 aliphatic heterocycles. The maximum atomic E-state index is 9.77. The topological polar surface area (TPSA) is 36.4 Å². The second-order valence-electron chi connectivity index (χ2n) is 4.75. The number of hydrogen-bond acceptors (Lipinski definition) is 3. The quantitative estimate of drug-likeness (QED) is 0.893. The van der Waals surface area contributed by atoms with Crippen molar-refractivity contribution >= 4 is 5.82 Å². The molecular formula is C16H20N2O. The van der Waals surface area contributed by atoms with Crippen LogP contribution in [0.1, 0.15) is 24.2 Å². The van der Waals surface area contributed by atoms with E-state index < -0.39 is 6.10 Å². The van der Waals surface area contributed by atoms with E-state index in [0.29, 0.717) is 0 Å². The van der Waals surface area contributed by atoms with Gasteiger partial charge in [0.1, 0.15) is 5.82 Å². The summed E-state index contributed by atoms with van der Waals surface area (Å²) in [6.07, 6.45) is 2.23. The highest BCUT2D eigenvalue weighted by Crippen LogP contribution is 2.22. The average molecular weight is 256 g/mol. The van der Waals surface area contributed by atoms with Crippen molar-refractivity contribution < 1.29 is 5.11 Å². The molecule has 0 aliphatic rings. The van der Waals surface area contributed by atoms with Gasteiger partial charge >= 0.3 is 0 Å². The lowest BCUT2D eigenvalue weighted by atomic mass is 10.1. The van der Waals surface area contributed by atoms with E-state index in [1.54, 1.807) is 13.1 Å². The first-order valence-electron chi connectivity index (χ1n) is 6.56. The molecule has 0 unspecified atom stereocenters. The molecule has 1 heterocycles. The second-order valence-corrected chi connectivity index (χ2v) is 4.75. The Kier molecular flexibility index (Phi) is 4.53. The molecule has 3 heteroatoms. The molecule has 0 bridgehead atoms. The summed E-state index contributed by atoms with van der Waals surface area (Å²) in [6.45, 7) is 2.65. The minimum absolute atomic E-state index is 0.497. The van der Waals surface area contributed by atoms with Crippen molar-refractivity contribution in [1.82, 2.24) is 4.98 Å². The number of pyridine rings is 1. The number of nitrogens with zero attached hydrogens (tertiary/aromatic N) is 2. The van der Waals surface area contributed by atoms with E-state index in [9.17, 15) is 5.11 Å². The van der Waals surface area contributed by atoms with Gasteiger partial charge in [-0.15, -0.1) is 0 Å². The van der Waals surface area contributed by atoms with Crippen molar-refractivity contribution in [2.75, 3.05) is 18.5 Å². The van der Waals surface area contributed by atoms with Gasteiger partial charge in [-0.25, -0.2) is 4.98 Å². The molecule has 3 nitrogen and oxygen atoms in total. The number of anilines is 1. The highest BCUT2D eigenvalue weighted by Gasteiger charge is 2.12. The fourth-order valence-electron chi connectivity index (χ4n) is 2.10. The third-order valence-electron chi connectivity index (χ3n) is 3.21. The third-order valence-corrected chi connectivity index (χ3v) is 3.21. The molecule has 0 saturated carbocycles. The van der Waals surface area contributed by atoms with Crippen LogP contribution in [0.5, 0.6) is 0 Å². The fraction of sp³-hybridized carbons (Fsp3) is 0.312. The van der Waals surface area contributed by atoms with Crippen molar-refractivity contribution in [3.8, 4) is 0 Å². The zero-order valence-electron chi connectivity index (χ0n) is 11.5. The second kappa shape index (κ2) is 6.34. The van der Waals surface area contributed by atoms with Crippen LogP contribution in [-0.4, -0.2) is 23.7 Å². The summed E-state index contributed by atoms with van der Waals surface area (Å²) >= 11 is 0. The lowest BCUT2D eigenvalue weighted by Gasteiger charge is -2.22. The van der Waals surface area contributed by atoms with Gasteiger partial charge in [0.25, 0.3) is 0 Å². The largest absolute Gasteiger partial charge is 0.389 e. The summed E-state index contributed by atoms with van der Waals surface area (Å²) in [6, 6.07) is 14.2. The van der Waals surface area contributed by atoms with E-state index in [-0.39, 0.29) is 0 Å². The number of aliphatic hydroxyl groups excluding tert-OH is 1. The van der Waals surface area contributed by atoms with E-state index in [0.717, 1.165) is 24.3 Å². The first-order valence-corrected chi connectivity index (χ1v) is 6.56. The Morgan fingerprint density at radius 3 is 2.58 bits per heavy atom. The third kappa shape index (κ3) is 3.55. The minimum atomic E-state index is -0.497. The number of hydrogen-bond donors (Lipinski definition) is 1. The molecule has 0 amide bonds. The Bertz CT molecular complexity index is 511. The maximum Gasteiger partial charge on any atom is 0.134 e. The van der Waals surface area contributed by atoms with Crippen LogP contribution >= 0.6 is 0 Å². The van der Waals surface area contributed by atoms with Gasteiger partial charge in [-0.2, -0.15) is 0 Å². The Balaban J connectivity index is 2.06. The summed E-state index contributed by atoms with van der Waals surface area (Å²) in [7, 11) is 2.01. The van der Waals surface area contributed by atoms with Crippen LogP contribution < -0.4 is 4.90 Å². The normalized spacial score (nSPS) is 12.2. The molecule has 2 aromatic rings. The number of aromatic nitrogens is 1. The summed E-state index contributed by atoms with van der Waals surface area (Å²) in [5.41, 5.74) is 2.18. The number of aliphatic hydroxyl groups is 1. The molecule has 1 aromatic heterocycles. The number of likely N-dealkylation sites (N-methyl/N-ethyl adjacent to an activating group) is 1. The van der Waals surface area contributed by atoms with Gasteiger partial charge < -0.3 is 10.0 Å². The predicted octanol–water partition coefficient (Wildman–Crippen LogP) is 2.81. The van der Waals surface area contributed by atoms with Crippen molar-refractivity contribution in [3.05, 3.63) is 59.8 Å². The van der Waals surface area contributed by atoms with Gasteiger partial charge in [-0.1, -0.05) is 36.4 Å². The lowest BCUT2D eigenvalue weighted by Crippen LogP contribution is -2.23. The van der Waals surface area contributed by atoms with Gasteiger partial charge in [0.15, 0.2) is 0 Å². The summed E-state index contributed by atoms with van der Waals surface area (Å²) in [5, 5.41) is 9.77. The zero-order valence-corrected chi connectivity index (χ0v) is 11.5. The molecule has 2 rings (SSSR count). The Morgan fingerprint density at radius 1 is 1.16 bits per heavy atom. The van der Waals surface area contributed by atoms with Gasteiger partial charge in [-0.3, -0.25) is 0 Å². The van der Waals surface area contributed by atoms with Gasteiger partial charge in [0.05, 0.1) is 6.10 Å². The van der Waals surface area contributed by atoms with E-state index in [4.69, 9.17) is 0 Å². The maximum absolute atomic E-state index is 9.77. The van der Waals surface area contributed by atoms with E-state index >= 15 is 0 Å². The van der Waals surface area contributed by atoms with Gasteiger partial charge in [0.2, 0.25) is 0 Å². The van der Waals surface area contributed by atoms with Gasteiger partial charge in [-0.05, 0) is 25.0 Å². The minimum Gasteiger partial charge on any atom is -0.389 e. The van der Waals surface area contributed by atoms with Crippen LogP contribution in [0.2, 0.25) is 0 Å². The molecule has 0 spiro atoms. The molecule has 0 fully saturated rings. The Morgan fingerprint density at radius 2 is 1.89 bits per heavy atom. The van der Waals surface area contributed by atoms with Crippen LogP contribution in [0.3, 0.4) is 0 Å². The number of rotatable bonds is 5. The lowest BCUT2D eigenvalue weighted by molar-refractivity contribution is 0.199. The van der Waals surface area contributed by atoms with Crippen LogP contribution in [0.25, 0.3) is 0 Å². The summed E-state index contributed by atoms with van der Waals surface area (Å²) in [4.78, 5) is 6.47. The molecular weight excluding hydrogens is 236 g/mol. The fourth-order valence-corrected chi connectivity index (χ4v) is 2.10. The average Bonchev–Trinajstić information content (AvgIpc) is 2.46. The van der Waals surface area contributed by atoms with E-state index in [1.165, 1.54) is 5.56 Å². The molecule has 19 heavy (non-hydrogen) atoms. The number of benzene rings is 1. The molecule has 1 N–H and O–H groups in total. The molecule has 100 valence electrons. The highest BCUT2D eigenvalue weighted by molar-refractivity contribution is 5.47. The highest BCUT2D eigenvalue weighted by atomic mass is 16.3. The molecule has 0 aliphatic carbocycles. The van der Waals surface area contributed by atoms with Crippen molar-refractivity contribution in [2.45, 2.75) is 19.4 Å². The van der Waals surface area contributed by atoms with Crippen LogP contribution in [0.15, 0.2) is 48.7 Å². The van der Waals surface area contributed by atoms with E-state index in [1.807, 2.05) is 25.2 Å². The van der Waals surface area contributed by atoms with Crippen LogP contribution in [0, 0.1) is 0 Å². The molecule has 1 aromatic carbocycles. The monoisotopic (exact) mass is 256 g/mol. The molecule has 0 radical (unpaired) electrons. The first-order chi connectivity index (χ1) is 9.18. The van der Waals surface area contributed by atoms with Crippen molar-refractivity contribution in [2.24, 2.45) is 0 Å². The van der Waals surface area contributed by atoms with E-state index in [2.05, 4.69) is 34.1 Å². The van der Waals surface area contributed by atoms with Crippen molar-refractivity contribution in [3.63, 3.8) is 0 Å². The molecule has 0 saturated heterocycles. The summed E-state index contributed by atoms with van der Waals surface area (Å²) in [5.74, 6) is 0.855. The van der Waals surface area contributed by atoms with Gasteiger partial charge in [0, 0.05) is 25.4 Å². The summed E-state index contributed by atoms with van der Waals surface area (Å²) < 4.78 is 0. The Hall–Kier alpha value is -1.87. The SMILES string of the molecule is C[C@@H](O)c1cccnc1N(C)CCc1ccccc1. The van der Waals surface area contributed by atoms with Crippen LogP contribution in [-0.2, 0) is 6.42 Å². The first kappa shape index (κ1) is 13.6. The zero-order chi connectivity index (χ0) is 13.7. The predicted molar refractivity (Wildman–Crippen MR) is 78.3 cm³/mol. The molecule has 1 atom stereocenters. The smallest absolute Gasteiger partial charge is 0.134 e. The standard InChI is InChI=1S/C16H20N2O/c1-13(19)15-9-6-11-17-16(15)18(2)12-10-14-7-4-3-5-8-14/h3-9,11,13,19H,10,12H2,1-2H3/t13-/m1/s1. The Labute approximate surface area is 114 Å².